The number of nitrogens with two attached hydrogens (primary N) is 1. The summed E-state index contributed by atoms with van der Waals surface area (Å²) in [5, 5.41) is 11.4. The summed E-state index contributed by atoms with van der Waals surface area (Å²) in [5.41, 5.74) is 10.3. The maximum Gasteiger partial charge on any atom is 0.265 e. The molecule has 3 N–H and O–H groups in total. The largest absolute Gasteiger partial charge is 0.384 e. The number of benzene rings is 2. The van der Waals surface area contributed by atoms with Crippen LogP contribution in [0.15, 0.2) is 59.8 Å². The van der Waals surface area contributed by atoms with Crippen molar-refractivity contribution < 1.29 is 9.63 Å². The van der Waals surface area contributed by atoms with Crippen LogP contribution >= 0.6 is 11.6 Å². The van der Waals surface area contributed by atoms with Crippen LogP contribution in [0.4, 0.5) is 5.69 Å². The van der Waals surface area contributed by atoms with E-state index in [0.717, 1.165) is 17.0 Å². The highest BCUT2D eigenvalue weighted by Crippen LogP contribution is 2.20. The molecule has 2 aromatic carbocycles. The molecule has 0 bridgehead atoms. The number of halogens is 1. The van der Waals surface area contributed by atoms with Crippen molar-refractivity contribution in [1.82, 2.24) is 9.78 Å². The number of carbonyl (C=O) groups excluding carboxylic acids is 1. The third-order valence-electron chi connectivity index (χ3n) is 4.16. The van der Waals surface area contributed by atoms with Crippen molar-refractivity contribution in [2.24, 2.45) is 10.9 Å². The van der Waals surface area contributed by atoms with Crippen LogP contribution in [0.3, 0.4) is 0 Å². The molecule has 0 aliphatic carbocycles. The Kier molecular flexibility index (Phi) is 6.51. The number of hydrogen-bond acceptors (Lipinski definition) is 4. The van der Waals surface area contributed by atoms with Gasteiger partial charge in [-0.05, 0) is 43.7 Å². The molecule has 8 heteroatoms. The van der Waals surface area contributed by atoms with Gasteiger partial charge in [-0.1, -0.05) is 47.1 Å². The average molecular weight is 412 g/mol. The maximum atomic E-state index is 12.0. The van der Waals surface area contributed by atoms with Crippen molar-refractivity contribution in [3.63, 3.8) is 0 Å². The highest BCUT2D eigenvalue weighted by atomic mass is 35.5. The van der Waals surface area contributed by atoms with Gasteiger partial charge in [0.05, 0.1) is 22.9 Å². The lowest BCUT2D eigenvalue weighted by molar-refractivity contribution is -0.120. The second-order valence-corrected chi connectivity index (χ2v) is 6.97. The molecule has 150 valence electrons. The molecule has 1 amide bonds. The first kappa shape index (κ1) is 20.4. The zero-order valence-corrected chi connectivity index (χ0v) is 17.0. The highest BCUT2D eigenvalue weighted by molar-refractivity contribution is 6.33. The van der Waals surface area contributed by atoms with Crippen LogP contribution in [0.25, 0.3) is 0 Å². The molecule has 0 saturated carbocycles. The fourth-order valence-electron chi connectivity index (χ4n) is 2.80. The van der Waals surface area contributed by atoms with Gasteiger partial charge in [-0.3, -0.25) is 9.48 Å². The summed E-state index contributed by atoms with van der Waals surface area (Å²) in [4.78, 5) is 17.1. The number of carbonyl (C=O) groups is 1. The quantitative estimate of drug-likeness (QED) is 0.353. The lowest BCUT2D eigenvalue weighted by atomic mass is 10.1. The van der Waals surface area contributed by atoms with Crippen LogP contribution in [-0.4, -0.2) is 28.1 Å². The molecule has 0 unspecified atom stereocenters. The fraction of sp³-hybridized carbons (Fsp3) is 0.190. The van der Waals surface area contributed by atoms with Gasteiger partial charge < -0.3 is 15.9 Å². The van der Waals surface area contributed by atoms with Crippen LogP contribution in [-0.2, 0) is 16.2 Å². The second kappa shape index (κ2) is 9.25. The number of aryl methyl sites for hydroxylation is 2. The van der Waals surface area contributed by atoms with E-state index in [0.29, 0.717) is 22.8 Å². The van der Waals surface area contributed by atoms with E-state index >= 15 is 0 Å². The van der Waals surface area contributed by atoms with Gasteiger partial charge >= 0.3 is 0 Å². The summed E-state index contributed by atoms with van der Waals surface area (Å²) in [7, 11) is 0. The number of nitrogens with zero attached hydrogens (tertiary/aromatic N) is 3. The molecule has 1 aromatic heterocycles. The van der Waals surface area contributed by atoms with Gasteiger partial charge in [0.2, 0.25) is 0 Å². The first-order valence-corrected chi connectivity index (χ1v) is 9.40. The molecule has 29 heavy (non-hydrogen) atoms. The summed E-state index contributed by atoms with van der Waals surface area (Å²) in [6, 6.07) is 16.6. The minimum Gasteiger partial charge on any atom is -0.384 e. The molecule has 0 atom stereocenters. The number of anilines is 1. The number of amidine groups is 1. The number of aromatic nitrogens is 2. The Morgan fingerprint density at radius 1 is 1.21 bits per heavy atom. The standard InChI is InChI=1S/C21H22ClN5O2/c1-14-10-15(2)27(25-14)12-16-6-5-7-17(11-16)21(23)26-29-13-20(28)24-19-9-4-3-8-18(19)22/h3-11H,12-13H2,1-2H3,(H2,23,26)(H,24,28). The topological polar surface area (TPSA) is 94.5 Å². The first-order chi connectivity index (χ1) is 13.9. The van der Waals surface area contributed by atoms with E-state index in [1.807, 2.05) is 48.9 Å². The summed E-state index contributed by atoms with van der Waals surface area (Å²) in [6.07, 6.45) is 0. The molecular formula is C21H22ClN5O2. The normalized spacial score (nSPS) is 11.3. The molecule has 0 aliphatic heterocycles. The van der Waals surface area contributed by atoms with Crippen molar-refractivity contribution in [3.8, 4) is 0 Å². The van der Waals surface area contributed by atoms with Crippen molar-refractivity contribution in [2.45, 2.75) is 20.4 Å². The van der Waals surface area contributed by atoms with Crippen LogP contribution in [0.2, 0.25) is 5.02 Å². The Balaban J connectivity index is 1.59. The summed E-state index contributed by atoms with van der Waals surface area (Å²) < 4.78 is 1.93. The molecular weight excluding hydrogens is 390 g/mol. The molecule has 1 heterocycles. The predicted octanol–water partition coefficient (Wildman–Crippen LogP) is 3.48. The summed E-state index contributed by atoms with van der Waals surface area (Å²) >= 11 is 6.01. The number of para-hydroxylation sites is 1. The summed E-state index contributed by atoms with van der Waals surface area (Å²) in [5.74, 6) is -0.196. The minimum absolute atomic E-state index is 0.186. The third-order valence-corrected chi connectivity index (χ3v) is 4.49. The van der Waals surface area contributed by atoms with E-state index in [4.69, 9.17) is 22.2 Å². The number of oxime groups is 1. The van der Waals surface area contributed by atoms with E-state index in [9.17, 15) is 4.79 Å². The van der Waals surface area contributed by atoms with Crippen molar-refractivity contribution in [1.29, 1.82) is 0 Å². The predicted molar refractivity (Wildman–Crippen MR) is 114 cm³/mol. The van der Waals surface area contributed by atoms with E-state index < -0.39 is 0 Å². The van der Waals surface area contributed by atoms with Gasteiger partial charge in [-0.25, -0.2) is 0 Å². The lowest BCUT2D eigenvalue weighted by Gasteiger charge is -2.08. The van der Waals surface area contributed by atoms with Crippen molar-refractivity contribution >= 4 is 29.0 Å². The fourth-order valence-corrected chi connectivity index (χ4v) is 2.98. The second-order valence-electron chi connectivity index (χ2n) is 6.56. The molecule has 0 saturated heterocycles. The Labute approximate surface area is 174 Å². The van der Waals surface area contributed by atoms with Crippen LogP contribution in [0.1, 0.15) is 22.5 Å². The van der Waals surface area contributed by atoms with Gasteiger partial charge in [0.25, 0.3) is 5.91 Å². The SMILES string of the molecule is Cc1cc(C)n(Cc2cccc(/C(N)=N/OCC(=O)Nc3ccccc3Cl)c2)n1. The van der Waals surface area contributed by atoms with Crippen molar-refractivity contribution in [3.05, 3.63) is 82.1 Å². The van der Waals surface area contributed by atoms with Gasteiger partial charge in [-0.15, -0.1) is 0 Å². The number of nitrogens with one attached hydrogen (secondary N) is 1. The van der Waals surface area contributed by atoms with Gasteiger partial charge in [0.15, 0.2) is 12.4 Å². The molecule has 0 aliphatic rings. The first-order valence-electron chi connectivity index (χ1n) is 9.02. The Bertz CT molecular complexity index is 1050. The molecule has 3 aromatic rings. The minimum atomic E-state index is -0.382. The Morgan fingerprint density at radius 3 is 2.72 bits per heavy atom. The molecule has 7 nitrogen and oxygen atoms in total. The molecule has 3 rings (SSSR count). The zero-order chi connectivity index (χ0) is 20.8. The number of hydrogen-bond donors (Lipinski definition) is 2. The Hall–Kier alpha value is -3.32. The van der Waals surface area contributed by atoms with Crippen LogP contribution < -0.4 is 11.1 Å². The third kappa shape index (κ3) is 5.58. The number of amides is 1. The van der Waals surface area contributed by atoms with Crippen LogP contribution in [0, 0.1) is 13.8 Å². The monoisotopic (exact) mass is 411 g/mol. The van der Waals surface area contributed by atoms with Crippen molar-refractivity contribution in [2.75, 3.05) is 11.9 Å². The molecule has 0 spiro atoms. The molecule has 0 radical (unpaired) electrons. The van der Waals surface area contributed by atoms with E-state index in [-0.39, 0.29) is 18.3 Å². The van der Waals surface area contributed by atoms with Gasteiger partial charge in [0, 0.05) is 11.3 Å². The lowest BCUT2D eigenvalue weighted by Crippen LogP contribution is -2.19. The molecule has 0 fully saturated rings. The Morgan fingerprint density at radius 2 is 2.00 bits per heavy atom. The average Bonchev–Trinajstić information content (AvgIpc) is 3.00. The van der Waals surface area contributed by atoms with E-state index in [2.05, 4.69) is 15.6 Å². The van der Waals surface area contributed by atoms with Crippen LogP contribution in [0.5, 0.6) is 0 Å². The summed E-state index contributed by atoms with van der Waals surface area (Å²) in [6.45, 7) is 4.32. The zero-order valence-electron chi connectivity index (χ0n) is 16.2. The van der Waals surface area contributed by atoms with Gasteiger partial charge in [0.1, 0.15) is 0 Å². The van der Waals surface area contributed by atoms with E-state index in [1.54, 1.807) is 24.3 Å². The maximum absolute atomic E-state index is 12.0. The highest BCUT2D eigenvalue weighted by Gasteiger charge is 2.07. The van der Waals surface area contributed by atoms with E-state index in [1.165, 1.54) is 0 Å². The number of rotatable bonds is 7. The smallest absolute Gasteiger partial charge is 0.265 e. The van der Waals surface area contributed by atoms with Gasteiger partial charge in [-0.2, -0.15) is 5.10 Å².